The van der Waals surface area contributed by atoms with Gasteiger partial charge in [0.1, 0.15) is 13.2 Å². The summed E-state index contributed by atoms with van der Waals surface area (Å²) < 4.78 is 5.72. The third kappa shape index (κ3) is 8.76. The molecule has 0 aliphatic carbocycles. The molecule has 0 spiro atoms. The van der Waals surface area contributed by atoms with Gasteiger partial charge in [0.25, 0.3) is 0 Å². The summed E-state index contributed by atoms with van der Waals surface area (Å²) in [6, 6.07) is 12.8. The first-order valence-corrected chi connectivity index (χ1v) is 10.6. The number of amides is 4. The zero-order valence-corrected chi connectivity index (χ0v) is 19.4. The maximum atomic E-state index is 12.0. The summed E-state index contributed by atoms with van der Waals surface area (Å²) >= 11 is 3.39. The van der Waals surface area contributed by atoms with Gasteiger partial charge in [0.15, 0.2) is 0 Å². The molecule has 0 saturated heterocycles. The van der Waals surface area contributed by atoms with Gasteiger partial charge in [0, 0.05) is 4.47 Å². The lowest BCUT2D eigenvalue weighted by Gasteiger charge is -2.11. The molecule has 0 bridgehead atoms. The van der Waals surface area contributed by atoms with Crippen molar-refractivity contribution in [3.05, 3.63) is 63.6 Å². The molecule has 0 saturated carbocycles. The number of alkyl carbamates (subject to hydrolysis) is 1. The molecule has 2 rings (SSSR count). The Morgan fingerprint density at radius 3 is 2.03 bits per heavy atom. The van der Waals surface area contributed by atoms with E-state index in [0.29, 0.717) is 5.69 Å². The molecular weight excluding hydrogens is 480 g/mol. The molecule has 0 aliphatic rings. The summed E-state index contributed by atoms with van der Waals surface area (Å²) in [4.78, 5) is 47.3. The van der Waals surface area contributed by atoms with E-state index < -0.39 is 23.8 Å². The molecule has 0 unspecified atom stereocenters. The topological polar surface area (TPSA) is 126 Å². The zero-order valence-electron chi connectivity index (χ0n) is 17.8. The summed E-state index contributed by atoms with van der Waals surface area (Å²) in [5, 5.41) is 9.76. The maximum absolute atomic E-state index is 12.0. The Morgan fingerprint density at radius 2 is 1.38 bits per heavy atom. The second kappa shape index (κ2) is 12.5. The second-order valence-electron chi connectivity index (χ2n) is 6.93. The van der Waals surface area contributed by atoms with Gasteiger partial charge < -0.3 is 26.0 Å². The van der Waals surface area contributed by atoms with Crippen LogP contribution in [0.3, 0.4) is 0 Å². The van der Waals surface area contributed by atoms with Crippen molar-refractivity contribution in [2.24, 2.45) is 0 Å². The number of anilines is 1. The molecule has 4 amide bonds. The first-order chi connectivity index (χ1) is 15.2. The molecule has 0 aromatic heterocycles. The average molecular weight is 505 g/mol. The van der Waals surface area contributed by atoms with Crippen LogP contribution < -0.4 is 21.3 Å². The quantitative estimate of drug-likeness (QED) is 0.416. The summed E-state index contributed by atoms with van der Waals surface area (Å²) in [6.45, 7) is 3.04. The van der Waals surface area contributed by atoms with Gasteiger partial charge in [-0.3, -0.25) is 14.4 Å². The molecule has 4 N–H and O–H groups in total. The van der Waals surface area contributed by atoms with E-state index in [1.807, 2.05) is 44.2 Å². The Labute approximate surface area is 194 Å². The van der Waals surface area contributed by atoms with Crippen LogP contribution >= 0.6 is 15.9 Å². The van der Waals surface area contributed by atoms with Gasteiger partial charge in [-0.1, -0.05) is 30.3 Å². The molecular formula is C22H25BrN4O5. The Balaban J connectivity index is 1.61. The standard InChI is InChI=1S/C22H25BrN4O5/c1-14-8-17(23)18(9-15(14)2)27-21(30)12-25-19(28)10-24-20(29)11-26-22(31)32-13-16-6-4-3-5-7-16/h3-9H,10-13H2,1-2H3,(H,24,29)(H,25,28)(H,26,31)(H,27,30). The minimum Gasteiger partial charge on any atom is -0.445 e. The van der Waals surface area contributed by atoms with E-state index in [0.717, 1.165) is 21.2 Å². The van der Waals surface area contributed by atoms with Gasteiger partial charge in [-0.2, -0.15) is 0 Å². The largest absolute Gasteiger partial charge is 0.445 e. The van der Waals surface area contributed by atoms with Crippen molar-refractivity contribution in [1.29, 1.82) is 0 Å². The fourth-order valence-corrected chi connectivity index (χ4v) is 3.04. The monoisotopic (exact) mass is 504 g/mol. The van der Waals surface area contributed by atoms with Crippen molar-refractivity contribution in [2.75, 3.05) is 25.0 Å². The highest BCUT2D eigenvalue weighted by atomic mass is 79.9. The third-order valence-corrected chi connectivity index (χ3v) is 5.01. The first-order valence-electron chi connectivity index (χ1n) is 9.79. The highest BCUT2D eigenvalue weighted by molar-refractivity contribution is 9.10. The van der Waals surface area contributed by atoms with E-state index >= 15 is 0 Å². The Morgan fingerprint density at radius 1 is 0.812 bits per heavy atom. The normalized spacial score (nSPS) is 10.1. The smallest absolute Gasteiger partial charge is 0.407 e. The van der Waals surface area contributed by atoms with E-state index in [9.17, 15) is 19.2 Å². The molecule has 0 aliphatic heterocycles. The number of carbonyl (C=O) groups is 4. The number of benzene rings is 2. The van der Waals surface area contributed by atoms with Gasteiger partial charge in [0.05, 0.1) is 18.8 Å². The fourth-order valence-electron chi connectivity index (χ4n) is 2.48. The Kier molecular flexibility index (Phi) is 9.68. The van der Waals surface area contributed by atoms with Crippen LogP contribution in [0.1, 0.15) is 16.7 Å². The Bertz CT molecular complexity index is 982. The van der Waals surface area contributed by atoms with Crippen LogP contribution in [0.25, 0.3) is 0 Å². The number of ether oxygens (including phenoxy) is 1. The second-order valence-corrected chi connectivity index (χ2v) is 7.79. The van der Waals surface area contributed by atoms with Crippen molar-refractivity contribution in [1.82, 2.24) is 16.0 Å². The molecule has 0 fully saturated rings. The summed E-state index contributed by atoms with van der Waals surface area (Å²) in [5.41, 5.74) is 3.52. The van der Waals surface area contributed by atoms with Crippen molar-refractivity contribution in [3.63, 3.8) is 0 Å². The van der Waals surface area contributed by atoms with Crippen molar-refractivity contribution in [3.8, 4) is 0 Å². The summed E-state index contributed by atoms with van der Waals surface area (Å²) in [7, 11) is 0. The van der Waals surface area contributed by atoms with Crippen molar-refractivity contribution >= 4 is 45.4 Å². The van der Waals surface area contributed by atoms with Crippen LogP contribution in [0.15, 0.2) is 46.9 Å². The lowest BCUT2D eigenvalue weighted by atomic mass is 10.1. The number of aryl methyl sites for hydroxylation is 2. The SMILES string of the molecule is Cc1cc(Br)c(NC(=O)CNC(=O)CNC(=O)CNC(=O)OCc2ccccc2)cc1C. The van der Waals surface area contributed by atoms with E-state index in [1.165, 1.54) is 0 Å². The van der Waals surface area contributed by atoms with Gasteiger partial charge >= 0.3 is 6.09 Å². The zero-order chi connectivity index (χ0) is 23.5. The van der Waals surface area contributed by atoms with E-state index in [2.05, 4.69) is 37.2 Å². The minimum absolute atomic E-state index is 0.0808. The fraction of sp³-hybridized carbons (Fsp3) is 0.273. The molecule has 170 valence electrons. The first kappa shape index (κ1) is 24.9. The number of carbonyl (C=O) groups excluding carboxylic acids is 4. The predicted molar refractivity (Wildman–Crippen MR) is 123 cm³/mol. The molecule has 2 aromatic rings. The van der Waals surface area contributed by atoms with Crippen LogP contribution in [0.4, 0.5) is 10.5 Å². The van der Waals surface area contributed by atoms with Crippen molar-refractivity contribution < 1.29 is 23.9 Å². The van der Waals surface area contributed by atoms with Gasteiger partial charge in [-0.05, 0) is 58.6 Å². The summed E-state index contributed by atoms with van der Waals surface area (Å²) in [5.74, 6) is -1.52. The molecule has 10 heteroatoms. The van der Waals surface area contributed by atoms with Gasteiger partial charge in [-0.25, -0.2) is 4.79 Å². The molecule has 9 nitrogen and oxygen atoms in total. The van der Waals surface area contributed by atoms with Crippen LogP contribution in [0.2, 0.25) is 0 Å². The average Bonchev–Trinajstić information content (AvgIpc) is 2.77. The Hall–Kier alpha value is -3.40. The van der Waals surface area contributed by atoms with Gasteiger partial charge in [-0.15, -0.1) is 0 Å². The lowest BCUT2D eigenvalue weighted by Crippen LogP contribution is -2.43. The van der Waals surface area contributed by atoms with Crippen LogP contribution in [0.5, 0.6) is 0 Å². The maximum Gasteiger partial charge on any atom is 0.407 e. The van der Waals surface area contributed by atoms with Crippen LogP contribution in [-0.2, 0) is 25.7 Å². The summed E-state index contributed by atoms with van der Waals surface area (Å²) in [6.07, 6.45) is -0.748. The molecule has 0 atom stereocenters. The van der Waals surface area contributed by atoms with Gasteiger partial charge in [0.2, 0.25) is 17.7 Å². The predicted octanol–water partition coefficient (Wildman–Crippen LogP) is 2.16. The van der Waals surface area contributed by atoms with E-state index in [-0.39, 0.29) is 26.2 Å². The highest BCUT2D eigenvalue weighted by Crippen LogP contribution is 2.25. The van der Waals surface area contributed by atoms with Crippen molar-refractivity contribution in [2.45, 2.75) is 20.5 Å². The number of hydrogen-bond acceptors (Lipinski definition) is 5. The minimum atomic E-state index is -0.748. The van der Waals surface area contributed by atoms with E-state index in [4.69, 9.17) is 4.74 Å². The van der Waals surface area contributed by atoms with Crippen LogP contribution in [0, 0.1) is 13.8 Å². The van der Waals surface area contributed by atoms with Crippen LogP contribution in [-0.4, -0.2) is 43.4 Å². The number of rotatable bonds is 9. The molecule has 0 radical (unpaired) electrons. The number of halogens is 1. The van der Waals surface area contributed by atoms with E-state index in [1.54, 1.807) is 12.1 Å². The molecule has 32 heavy (non-hydrogen) atoms. The third-order valence-electron chi connectivity index (χ3n) is 4.36. The lowest BCUT2D eigenvalue weighted by molar-refractivity contribution is -0.126. The highest BCUT2D eigenvalue weighted by Gasteiger charge is 2.11. The molecule has 2 aromatic carbocycles. The number of nitrogens with one attached hydrogen (secondary N) is 4. The molecule has 0 heterocycles. The number of hydrogen-bond donors (Lipinski definition) is 4.